The Balaban J connectivity index is 2.90. The molecule has 106 valence electrons. The van der Waals surface area contributed by atoms with E-state index in [9.17, 15) is 13.2 Å². The second-order valence-corrected chi connectivity index (χ2v) is 5.58. The van der Waals surface area contributed by atoms with E-state index < -0.39 is 10.0 Å². The molecule has 8 heteroatoms. The molecule has 0 aliphatic heterocycles. The predicted molar refractivity (Wildman–Crippen MR) is 72.2 cm³/mol. The summed E-state index contributed by atoms with van der Waals surface area (Å²) in [4.78, 5) is 11.6. The van der Waals surface area contributed by atoms with Crippen LogP contribution < -0.4 is 15.8 Å². The summed E-state index contributed by atoms with van der Waals surface area (Å²) in [6.45, 7) is 0.512. The summed E-state index contributed by atoms with van der Waals surface area (Å²) in [7, 11) is -0.533. The minimum atomic E-state index is -3.63. The van der Waals surface area contributed by atoms with Gasteiger partial charge in [-0.25, -0.2) is 13.1 Å². The van der Waals surface area contributed by atoms with Crippen LogP contribution >= 0.6 is 0 Å². The highest BCUT2D eigenvalue weighted by Crippen LogP contribution is 2.13. The summed E-state index contributed by atoms with van der Waals surface area (Å²) in [5, 5.41) is 2.45. The quantitative estimate of drug-likeness (QED) is 0.594. The SMILES string of the molecule is CNC(=O)c1cc(S(=O)(=O)NC/C=C/CN)cn1C. The molecule has 1 aromatic rings. The molecule has 7 nitrogen and oxygen atoms in total. The number of nitrogens with one attached hydrogen (secondary N) is 2. The highest BCUT2D eigenvalue weighted by Gasteiger charge is 2.19. The summed E-state index contributed by atoms with van der Waals surface area (Å²) in [6, 6.07) is 1.33. The summed E-state index contributed by atoms with van der Waals surface area (Å²) in [5.41, 5.74) is 5.53. The summed E-state index contributed by atoms with van der Waals surface area (Å²) < 4.78 is 27.8. The first-order valence-corrected chi connectivity index (χ1v) is 7.14. The fourth-order valence-electron chi connectivity index (χ4n) is 1.46. The van der Waals surface area contributed by atoms with Crippen LogP contribution in [0.3, 0.4) is 0 Å². The van der Waals surface area contributed by atoms with Crippen LogP contribution in [0.5, 0.6) is 0 Å². The van der Waals surface area contributed by atoms with Gasteiger partial charge in [-0.1, -0.05) is 12.2 Å². The van der Waals surface area contributed by atoms with Gasteiger partial charge in [0.15, 0.2) is 0 Å². The number of aromatic nitrogens is 1. The lowest BCUT2D eigenvalue weighted by Crippen LogP contribution is -2.23. The normalized spacial score (nSPS) is 11.9. The number of aryl methyl sites for hydroxylation is 1. The van der Waals surface area contributed by atoms with Crippen LogP contribution in [-0.2, 0) is 17.1 Å². The van der Waals surface area contributed by atoms with E-state index in [4.69, 9.17) is 5.73 Å². The molecule has 4 N–H and O–H groups in total. The van der Waals surface area contributed by atoms with Gasteiger partial charge in [-0.15, -0.1) is 0 Å². The lowest BCUT2D eigenvalue weighted by Gasteiger charge is -2.00. The molecular formula is C11H18N4O3S. The molecule has 1 heterocycles. The van der Waals surface area contributed by atoms with Crippen molar-refractivity contribution in [2.45, 2.75) is 4.90 Å². The third-order valence-electron chi connectivity index (χ3n) is 2.44. The third kappa shape index (κ3) is 3.91. The van der Waals surface area contributed by atoms with E-state index in [1.54, 1.807) is 19.2 Å². The fourth-order valence-corrected chi connectivity index (χ4v) is 2.50. The van der Waals surface area contributed by atoms with Gasteiger partial charge in [0.2, 0.25) is 10.0 Å². The van der Waals surface area contributed by atoms with Gasteiger partial charge in [0.05, 0.1) is 0 Å². The zero-order chi connectivity index (χ0) is 14.5. The lowest BCUT2D eigenvalue weighted by molar-refractivity contribution is 0.0955. The van der Waals surface area contributed by atoms with E-state index in [-0.39, 0.29) is 23.0 Å². The van der Waals surface area contributed by atoms with Crippen molar-refractivity contribution in [1.82, 2.24) is 14.6 Å². The Hall–Kier alpha value is -1.64. The second-order valence-electron chi connectivity index (χ2n) is 3.81. The Labute approximate surface area is 112 Å². The number of hydrogen-bond acceptors (Lipinski definition) is 4. The molecule has 1 amide bonds. The molecule has 0 aromatic carbocycles. The van der Waals surface area contributed by atoms with Gasteiger partial charge in [0, 0.05) is 33.4 Å². The standard InChI is InChI=1S/C11H18N4O3S/c1-13-11(16)10-7-9(8-15(10)2)19(17,18)14-6-4-3-5-12/h3-4,7-8,14H,5-6,12H2,1-2H3,(H,13,16)/b4-3+. The lowest BCUT2D eigenvalue weighted by atomic mass is 10.4. The molecular weight excluding hydrogens is 268 g/mol. The highest BCUT2D eigenvalue weighted by atomic mass is 32.2. The van der Waals surface area contributed by atoms with Crippen molar-refractivity contribution in [2.24, 2.45) is 12.8 Å². The first-order chi connectivity index (χ1) is 8.92. The van der Waals surface area contributed by atoms with E-state index >= 15 is 0 Å². The molecule has 19 heavy (non-hydrogen) atoms. The van der Waals surface area contributed by atoms with E-state index in [1.807, 2.05) is 0 Å². The summed E-state index contributed by atoms with van der Waals surface area (Å²) in [5.74, 6) is -0.341. The smallest absolute Gasteiger partial charge is 0.267 e. The molecule has 0 aliphatic carbocycles. The average molecular weight is 286 g/mol. The Bertz CT molecular complexity index is 575. The Morgan fingerprint density at radius 1 is 1.47 bits per heavy atom. The molecule has 1 rings (SSSR count). The topological polar surface area (TPSA) is 106 Å². The number of carbonyl (C=O) groups is 1. The zero-order valence-corrected chi connectivity index (χ0v) is 11.7. The summed E-state index contributed by atoms with van der Waals surface area (Å²) in [6.07, 6.45) is 4.67. The van der Waals surface area contributed by atoms with Crippen molar-refractivity contribution >= 4 is 15.9 Å². The van der Waals surface area contributed by atoms with Crippen molar-refractivity contribution in [2.75, 3.05) is 20.1 Å². The number of hydrogen-bond donors (Lipinski definition) is 3. The van der Waals surface area contributed by atoms with Crippen LogP contribution in [0.1, 0.15) is 10.5 Å². The number of sulfonamides is 1. The van der Waals surface area contributed by atoms with Gasteiger partial charge < -0.3 is 15.6 Å². The maximum atomic E-state index is 12.0. The van der Waals surface area contributed by atoms with E-state index in [0.717, 1.165) is 0 Å². The molecule has 0 saturated carbocycles. The van der Waals surface area contributed by atoms with Crippen molar-refractivity contribution in [3.05, 3.63) is 30.1 Å². The van der Waals surface area contributed by atoms with E-state index in [0.29, 0.717) is 6.54 Å². The van der Waals surface area contributed by atoms with Gasteiger partial charge in [-0.2, -0.15) is 0 Å². The third-order valence-corrected chi connectivity index (χ3v) is 3.83. The largest absolute Gasteiger partial charge is 0.354 e. The monoisotopic (exact) mass is 286 g/mol. The van der Waals surface area contributed by atoms with Crippen LogP contribution in [0.25, 0.3) is 0 Å². The maximum Gasteiger partial charge on any atom is 0.267 e. The Kier molecular flexibility index (Phi) is 5.28. The Morgan fingerprint density at radius 2 is 2.16 bits per heavy atom. The first kappa shape index (κ1) is 15.4. The van der Waals surface area contributed by atoms with Crippen molar-refractivity contribution in [3.63, 3.8) is 0 Å². The van der Waals surface area contributed by atoms with E-state index in [1.165, 1.54) is 23.9 Å². The molecule has 0 aliphatic rings. The Morgan fingerprint density at radius 3 is 2.74 bits per heavy atom. The molecule has 0 spiro atoms. The number of amides is 1. The van der Waals surface area contributed by atoms with E-state index in [2.05, 4.69) is 10.0 Å². The van der Waals surface area contributed by atoms with Gasteiger partial charge in [0.1, 0.15) is 10.6 Å². The zero-order valence-electron chi connectivity index (χ0n) is 10.9. The van der Waals surface area contributed by atoms with Crippen molar-refractivity contribution in [3.8, 4) is 0 Å². The van der Waals surface area contributed by atoms with Gasteiger partial charge in [-0.05, 0) is 6.07 Å². The molecule has 1 aromatic heterocycles. The van der Waals surface area contributed by atoms with Crippen molar-refractivity contribution in [1.29, 1.82) is 0 Å². The fraction of sp³-hybridized carbons (Fsp3) is 0.364. The number of rotatable bonds is 6. The van der Waals surface area contributed by atoms with Crippen LogP contribution in [0.15, 0.2) is 29.3 Å². The number of nitrogens with zero attached hydrogens (tertiary/aromatic N) is 1. The minimum Gasteiger partial charge on any atom is -0.354 e. The highest BCUT2D eigenvalue weighted by molar-refractivity contribution is 7.89. The second kappa shape index (κ2) is 6.50. The van der Waals surface area contributed by atoms with Crippen molar-refractivity contribution < 1.29 is 13.2 Å². The predicted octanol–water partition coefficient (Wildman–Crippen LogP) is -0.822. The average Bonchev–Trinajstić information content (AvgIpc) is 2.77. The molecule has 0 fully saturated rings. The maximum absolute atomic E-state index is 12.0. The van der Waals surface area contributed by atoms with Crippen LogP contribution in [-0.4, -0.2) is 39.0 Å². The molecule has 0 bridgehead atoms. The van der Waals surface area contributed by atoms with Crippen LogP contribution in [0.2, 0.25) is 0 Å². The molecule has 0 saturated heterocycles. The summed E-state index contributed by atoms with van der Waals surface area (Å²) >= 11 is 0. The number of nitrogens with two attached hydrogens (primary N) is 1. The van der Waals surface area contributed by atoms with Crippen LogP contribution in [0, 0.1) is 0 Å². The van der Waals surface area contributed by atoms with Gasteiger partial charge in [-0.3, -0.25) is 4.79 Å². The molecule has 0 unspecified atom stereocenters. The van der Waals surface area contributed by atoms with Gasteiger partial charge in [0.25, 0.3) is 5.91 Å². The van der Waals surface area contributed by atoms with Gasteiger partial charge >= 0.3 is 0 Å². The first-order valence-electron chi connectivity index (χ1n) is 5.65. The number of carbonyl (C=O) groups excluding carboxylic acids is 1. The minimum absolute atomic E-state index is 0.0507. The molecule has 0 radical (unpaired) electrons. The molecule has 0 atom stereocenters. The van der Waals surface area contributed by atoms with Crippen LogP contribution in [0.4, 0.5) is 0 Å².